The fraction of sp³-hybridized carbons (Fsp3) is 0.444. The summed E-state index contributed by atoms with van der Waals surface area (Å²) in [6, 6.07) is 4.81. The van der Waals surface area contributed by atoms with Crippen LogP contribution < -0.4 is 10.3 Å². The van der Waals surface area contributed by atoms with Crippen LogP contribution in [0.4, 0.5) is 0 Å². The van der Waals surface area contributed by atoms with Gasteiger partial charge in [0.1, 0.15) is 5.75 Å². The van der Waals surface area contributed by atoms with Crippen LogP contribution in [-0.2, 0) is 4.74 Å². The quantitative estimate of drug-likeness (QED) is 0.571. The van der Waals surface area contributed by atoms with E-state index < -0.39 is 11.5 Å². The second kappa shape index (κ2) is 8.38. The highest BCUT2D eigenvalue weighted by Crippen LogP contribution is 2.28. The van der Waals surface area contributed by atoms with Crippen molar-refractivity contribution in [3.05, 3.63) is 34.2 Å². The van der Waals surface area contributed by atoms with Gasteiger partial charge in [0.15, 0.2) is 11.4 Å². The number of carbonyl (C=O) groups excluding carboxylic acids is 1. The summed E-state index contributed by atoms with van der Waals surface area (Å²) < 4.78 is 10.6. The Morgan fingerprint density at radius 2 is 1.83 bits per heavy atom. The number of nitrogens with one attached hydrogen (secondary N) is 1. The van der Waals surface area contributed by atoms with Crippen LogP contribution in [0, 0.1) is 0 Å². The largest absolute Gasteiger partial charge is 0.505 e. The van der Waals surface area contributed by atoms with E-state index in [0.717, 1.165) is 25.7 Å². The number of aromatic nitrogens is 1. The summed E-state index contributed by atoms with van der Waals surface area (Å²) in [6.07, 6.45) is 3.54. The summed E-state index contributed by atoms with van der Waals surface area (Å²) in [6.45, 7) is 4.85. The Labute approximate surface area is 140 Å². The maximum atomic E-state index is 12.2. The summed E-state index contributed by atoms with van der Waals surface area (Å²) in [5.41, 5.74) is -0.686. The van der Waals surface area contributed by atoms with Crippen LogP contribution in [-0.4, -0.2) is 29.3 Å². The van der Waals surface area contributed by atoms with E-state index >= 15 is 0 Å². The van der Waals surface area contributed by atoms with Crippen molar-refractivity contribution < 1.29 is 19.4 Å². The zero-order chi connectivity index (χ0) is 17.5. The maximum Gasteiger partial charge on any atom is 0.358 e. The molecule has 0 atom stereocenters. The van der Waals surface area contributed by atoms with Crippen molar-refractivity contribution in [2.75, 3.05) is 13.2 Å². The topological polar surface area (TPSA) is 88.6 Å². The summed E-state index contributed by atoms with van der Waals surface area (Å²) in [5.74, 6) is -0.464. The molecule has 1 aromatic heterocycles. The van der Waals surface area contributed by atoms with Crippen molar-refractivity contribution in [2.45, 2.75) is 39.5 Å². The van der Waals surface area contributed by atoms with Crippen LogP contribution in [0.5, 0.6) is 11.5 Å². The zero-order valence-electron chi connectivity index (χ0n) is 14.1. The van der Waals surface area contributed by atoms with Crippen molar-refractivity contribution in [1.29, 1.82) is 0 Å². The van der Waals surface area contributed by atoms with Crippen molar-refractivity contribution in [3.63, 3.8) is 0 Å². The van der Waals surface area contributed by atoms with E-state index in [1.165, 1.54) is 0 Å². The number of carbonyl (C=O) groups is 1. The number of pyridine rings is 1. The first-order chi connectivity index (χ1) is 11.6. The van der Waals surface area contributed by atoms with E-state index in [1.807, 2.05) is 6.92 Å². The lowest BCUT2D eigenvalue weighted by Crippen LogP contribution is -2.16. The fourth-order valence-electron chi connectivity index (χ4n) is 2.25. The normalized spacial score (nSPS) is 10.8. The average molecular weight is 333 g/mol. The van der Waals surface area contributed by atoms with Gasteiger partial charge in [0.2, 0.25) is 0 Å². The van der Waals surface area contributed by atoms with E-state index in [9.17, 15) is 14.7 Å². The predicted molar refractivity (Wildman–Crippen MR) is 91.8 cm³/mol. The second-order valence-corrected chi connectivity index (χ2v) is 5.58. The summed E-state index contributed by atoms with van der Waals surface area (Å²) in [5, 5.41) is 10.9. The Bertz CT molecular complexity index is 766. The van der Waals surface area contributed by atoms with E-state index in [2.05, 4.69) is 11.9 Å². The average Bonchev–Trinajstić information content (AvgIpc) is 2.58. The third kappa shape index (κ3) is 4.07. The summed E-state index contributed by atoms with van der Waals surface area (Å²) in [7, 11) is 0. The third-order valence-electron chi connectivity index (χ3n) is 3.67. The van der Waals surface area contributed by atoms with E-state index in [4.69, 9.17) is 9.47 Å². The molecule has 2 N–H and O–H groups in total. The van der Waals surface area contributed by atoms with Gasteiger partial charge in [0, 0.05) is 5.39 Å². The number of hydrogen-bond donors (Lipinski definition) is 2. The van der Waals surface area contributed by atoms with Crippen molar-refractivity contribution in [1.82, 2.24) is 4.98 Å². The van der Waals surface area contributed by atoms with Gasteiger partial charge < -0.3 is 19.6 Å². The molecule has 0 radical (unpaired) electrons. The van der Waals surface area contributed by atoms with Crippen LogP contribution in [0.25, 0.3) is 10.8 Å². The van der Waals surface area contributed by atoms with E-state index in [1.54, 1.807) is 18.2 Å². The smallest absolute Gasteiger partial charge is 0.358 e. The van der Waals surface area contributed by atoms with E-state index in [-0.39, 0.29) is 23.4 Å². The van der Waals surface area contributed by atoms with Gasteiger partial charge in [-0.1, -0.05) is 26.7 Å². The minimum Gasteiger partial charge on any atom is -0.505 e. The number of hydrogen-bond acceptors (Lipinski definition) is 5. The lowest BCUT2D eigenvalue weighted by molar-refractivity contribution is 0.0489. The minimum atomic E-state index is -0.733. The monoisotopic (exact) mass is 333 g/mol. The van der Waals surface area contributed by atoms with Crippen molar-refractivity contribution in [2.24, 2.45) is 0 Å². The van der Waals surface area contributed by atoms with Gasteiger partial charge >= 0.3 is 5.97 Å². The van der Waals surface area contributed by atoms with Crippen molar-refractivity contribution in [3.8, 4) is 11.5 Å². The molecule has 0 saturated carbocycles. The minimum absolute atomic E-state index is 0.219. The van der Waals surface area contributed by atoms with Crippen LogP contribution >= 0.6 is 0 Å². The molecule has 1 aromatic carbocycles. The van der Waals surface area contributed by atoms with Gasteiger partial charge in [-0.05, 0) is 31.0 Å². The molecular formula is C18H23NO5. The van der Waals surface area contributed by atoms with Crippen LogP contribution in [0.1, 0.15) is 50.0 Å². The first-order valence-corrected chi connectivity index (χ1v) is 8.27. The third-order valence-corrected chi connectivity index (χ3v) is 3.67. The lowest BCUT2D eigenvalue weighted by atomic mass is 10.1. The molecule has 0 aliphatic carbocycles. The van der Waals surface area contributed by atoms with Crippen molar-refractivity contribution >= 4 is 16.7 Å². The number of fused-ring (bicyclic) bond motifs is 1. The molecule has 1 heterocycles. The Balaban J connectivity index is 2.31. The molecule has 6 heteroatoms. The van der Waals surface area contributed by atoms with Gasteiger partial charge in [0.05, 0.1) is 18.6 Å². The summed E-state index contributed by atoms with van der Waals surface area (Å²) >= 11 is 0. The van der Waals surface area contributed by atoms with Crippen LogP contribution in [0.15, 0.2) is 23.0 Å². The molecule has 2 aromatic rings. The zero-order valence-corrected chi connectivity index (χ0v) is 14.1. The molecule has 6 nitrogen and oxygen atoms in total. The standard InChI is InChI=1S/C18H23NO5/c1-3-5-9-23-12-7-8-13-14(11-12)17(21)19-15(16(13)20)18(22)24-10-6-4-2/h7-8,11,20H,3-6,9-10H2,1-2H3,(H,19,21). The molecule has 24 heavy (non-hydrogen) atoms. The maximum absolute atomic E-state index is 12.2. The molecule has 0 aliphatic heterocycles. The Morgan fingerprint density at radius 1 is 1.12 bits per heavy atom. The first-order valence-electron chi connectivity index (χ1n) is 8.27. The Kier molecular flexibility index (Phi) is 6.23. The molecule has 0 saturated heterocycles. The molecular weight excluding hydrogens is 310 g/mol. The number of benzene rings is 1. The molecule has 0 fully saturated rings. The number of unbranched alkanes of at least 4 members (excludes halogenated alkanes) is 2. The Morgan fingerprint density at radius 3 is 2.54 bits per heavy atom. The summed E-state index contributed by atoms with van der Waals surface area (Å²) in [4.78, 5) is 26.6. The Hall–Kier alpha value is -2.50. The molecule has 0 bridgehead atoms. The highest BCUT2D eigenvalue weighted by molar-refractivity contribution is 5.99. The molecule has 0 amide bonds. The fourth-order valence-corrected chi connectivity index (χ4v) is 2.25. The van der Waals surface area contributed by atoms with Gasteiger partial charge in [-0.15, -0.1) is 0 Å². The highest BCUT2D eigenvalue weighted by atomic mass is 16.5. The molecule has 0 unspecified atom stereocenters. The van der Waals surface area contributed by atoms with Crippen LogP contribution in [0.2, 0.25) is 0 Å². The molecule has 2 rings (SSSR count). The van der Waals surface area contributed by atoms with Gasteiger partial charge in [-0.25, -0.2) is 4.79 Å². The molecule has 0 spiro atoms. The number of esters is 1. The first kappa shape index (κ1) is 17.8. The number of H-pyrrole nitrogens is 1. The highest BCUT2D eigenvalue weighted by Gasteiger charge is 2.18. The van der Waals surface area contributed by atoms with Gasteiger partial charge in [0.25, 0.3) is 5.56 Å². The predicted octanol–water partition coefficient (Wildman–Crippen LogP) is 3.37. The van der Waals surface area contributed by atoms with Crippen LogP contribution in [0.3, 0.4) is 0 Å². The second-order valence-electron chi connectivity index (χ2n) is 5.58. The van der Waals surface area contributed by atoms with E-state index in [0.29, 0.717) is 17.7 Å². The SMILES string of the molecule is CCCCOC(=O)c1[nH]c(=O)c2cc(OCCCC)ccc2c1O. The number of aromatic amines is 1. The number of ether oxygens (including phenoxy) is 2. The van der Waals surface area contributed by atoms with Gasteiger partial charge in [-0.3, -0.25) is 4.79 Å². The molecule has 0 aliphatic rings. The number of rotatable bonds is 8. The number of aromatic hydroxyl groups is 1. The lowest BCUT2D eigenvalue weighted by Gasteiger charge is -2.10. The van der Waals surface area contributed by atoms with Gasteiger partial charge in [-0.2, -0.15) is 0 Å². The molecule has 130 valence electrons.